The number of benzene rings is 1. The van der Waals surface area contributed by atoms with Crippen LogP contribution in [-0.4, -0.2) is 37.1 Å². The lowest BCUT2D eigenvalue weighted by Gasteiger charge is -2.37. The molecule has 8 nitrogen and oxygen atoms in total. The summed E-state index contributed by atoms with van der Waals surface area (Å²) in [5.74, 6) is 0.158. The number of aryl methyl sites for hydroxylation is 1. The maximum Gasteiger partial charge on any atom is 0.270 e. The number of aromatic nitrogens is 4. The third kappa shape index (κ3) is 3.31. The Labute approximate surface area is 156 Å². The molecule has 140 valence electrons. The fourth-order valence-electron chi connectivity index (χ4n) is 3.61. The fraction of sp³-hybridized carbons (Fsp3) is 0.316. The SMILES string of the molecule is Cn1cc([C@H](NC(=O)c2[nH]nc(N)c2-c2ccccc2)C2CC(O)C2)cn1. The summed E-state index contributed by atoms with van der Waals surface area (Å²) in [6.07, 6.45) is 4.62. The zero-order valence-corrected chi connectivity index (χ0v) is 15.0. The van der Waals surface area contributed by atoms with Crippen molar-refractivity contribution < 1.29 is 9.90 Å². The molecule has 1 atom stereocenters. The van der Waals surface area contributed by atoms with Crippen LogP contribution in [0.15, 0.2) is 42.7 Å². The van der Waals surface area contributed by atoms with Crippen LogP contribution in [0, 0.1) is 5.92 Å². The van der Waals surface area contributed by atoms with Crippen molar-refractivity contribution in [3.63, 3.8) is 0 Å². The Balaban J connectivity index is 1.62. The summed E-state index contributed by atoms with van der Waals surface area (Å²) >= 11 is 0. The third-order valence-electron chi connectivity index (χ3n) is 5.08. The van der Waals surface area contributed by atoms with E-state index in [0.29, 0.717) is 24.1 Å². The number of nitrogens with one attached hydrogen (secondary N) is 2. The average Bonchev–Trinajstić information content (AvgIpc) is 3.23. The van der Waals surface area contributed by atoms with Gasteiger partial charge in [-0.25, -0.2) is 0 Å². The van der Waals surface area contributed by atoms with Crippen molar-refractivity contribution >= 4 is 11.7 Å². The Morgan fingerprint density at radius 2 is 2.11 bits per heavy atom. The number of hydrogen-bond acceptors (Lipinski definition) is 5. The summed E-state index contributed by atoms with van der Waals surface area (Å²) in [5, 5.41) is 23.8. The van der Waals surface area contributed by atoms with Crippen LogP contribution in [0.1, 0.15) is 34.9 Å². The van der Waals surface area contributed by atoms with E-state index in [1.165, 1.54) is 0 Å². The lowest BCUT2D eigenvalue weighted by atomic mass is 9.75. The molecule has 1 aliphatic carbocycles. The first-order chi connectivity index (χ1) is 13.0. The number of rotatable bonds is 5. The quantitative estimate of drug-likeness (QED) is 0.547. The van der Waals surface area contributed by atoms with Crippen molar-refractivity contribution in [3.8, 4) is 11.1 Å². The monoisotopic (exact) mass is 366 g/mol. The predicted octanol–water partition coefficient (Wildman–Crippen LogP) is 1.63. The first-order valence-corrected chi connectivity index (χ1v) is 8.89. The maximum atomic E-state index is 13.0. The lowest BCUT2D eigenvalue weighted by molar-refractivity contribution is 0.0234. The van der Waals surface area contributed by atoms with Crippen molar-refractivity contribution in [1.82, 2.24) is 25.3 Å². The standard InChI is InChI=1S/C19H22N6O2/c1-25-10-13(9-21-25)16(12-7-14(26)8-12)22-19(27)17-15(18(20)24-23-17)11-5-3-2-4-6-11/h2-6,9-10,12,14,16,26H,7-8H2,1H3,(H,22,27)(H3,20,23,24)/t12?,14?,16-/m1/s1. The normalized spacial score (nSPS) is 20.1. The molecule has 3 aromatic rings. The summed E-state index contributed by atoms with van der Waals surface area (Å²) in [6, 6.07) is 9.22. The minimum absolute atomic E-state index is 0.161. The van der Waals surface area contributed by atoms with Crippen LogP contribution < -0.4 is 11.1 Å². The highest BCUT2D eigenvalue weighted by Gasteiger charge is 2.37. The molecule has 8 heteroatoms. The number of aliphatic hydroxyl groups excluding tert-OH is 1. The molecule has 0 unspecified atom stereocenters. The number of hydrogen-bond donors (Lipinski definition) is 4. The fourth-order valence-corrected chi connectivity index (χ4v) is 3.61. The number of amides is 1. The van der Waals surface area contributed by atoms with Crippen LogP contribution in [-0.2, 0) is 7.05 Å². The van der Waals surface area contributed by atoms with Gasteiger partial charge in [0.05, 0.1) is 23.9 Å². The van der Waals surface area contributed by atoms with E-state index in [9.17, 15) is 9.90 Å². The van der Waals surface area contributed by atoms with Crippen molar-refractivity contribution in [2.45, 2.75) is 25.0 Å². The number of H-pyrrole nitrogens is 1. The number of nitrogen functional groups attached to an aromatic ring is 1. The summed E-state index contributed by atoms with van der Waals surface area (Å²) < 4.78 is 1.70. The minimum Gasteiger partial charge on any atom is -0.393 e. The number of aliphatic hydroxyl groups is 1. The Morgan fingerprint density at radius 1 is 1.37 bits per heavy atom. The van der Waals surface area contributed by atoms with Crippen LogP contribution in [0.25, 0.3) is 11.1 Å². The first-order valence-electron chi connectivity index (χ1n) is 8.89. The van der Waals surface area contributed by atoms with Gasteiger partial charge in [-0.3, -0.25) is 14.6 Å². The molecule has 0 aliphatic heterocycles. The van der Waals surface area contributed by atoms with E-state index in [0.717, 1.165) is 11.1 Å². The Morgan fingerprint density at radius 3 is 2.74 bits per heavy atom. The van der Waals surface area contributed by atoms with Crippen LogP contribution in [0.2, 0.25) is 0 Å². The molecule has 2 aromatic heterocycles. The lowest BCUT2D eigenvalue weighted by Crippen LogP contribution is -2.41. The van der Waals surface area contributed by atoms with Gasteiger partial charge < -0.3 is 16.2 Å². The smallest absolute Gasteiger partial charge is 0.270 e. The third-order valence-corrected chi connectivity index (χ3v) is 5.08. The van der Waals surface area contributed by atoms with Gasteiger partial charge in [0.2, 0.25) is 0 Å². The Hall–Kier alpha value is -3.13. The highest BCUT2D eigenvalue weighted by molar-refractivity contribution is 6.01. The molecule has 1 fully saturated rings. The topological polar surface area (TPSA) is 122 Å². The molecule has 5 N–H and O–H groups in total. The number of nitrogens with zero attached hydrogens (tertiary/aromatic N) is 3. The Kier molecular flexibility index (Phi) is 4.41. The first kappa shape index (κ1) is 17.3. The largest absolute Gasteiger partial charge is 0.393 e. The van der Waals surface area contributed by atoms with Gasteiger partial charge >= 0.3 is 0 Å². The van der Waals surface area contributed by atoms with E-state index in [4.69, 9.17) is 5.73 Å². The average molecular weight is 366 g/mol. The van der Waals surface area contributed by atoms with E-state index >= 15 is 0 Å². The minimum atomic E-state index is -0.311. The van der Waals surface area contributed by atoms with Crippen molar-refractivity contribution in [2.75, 3.05) is 5.73 Å². The number of nitrogens with two attached hydrogens (primary N) is 1. The molecule has 27 heavy (non-hydrogen) atoms. The van der Waals surface area contributed by atoms with Gasteiger partial charge in [0.15, 0.2) is 5.82 Å². The van der Waals surface area contributed by atoms with Crippen LogP contribution in [0.5, 0.6) is 0 Å². The second kappa shape index (κ2) is 6.88. The number of carbonyl (C=O) groups excluding carboxylic acids is 1. The molecule has 0 bridgehead atoms. The Bertz CT molecular complexity index is 942. The molecule has 1 amide bonds. The van der Waals surface area contributed by atoms with Crippen LogP contribution in [0.3, 0.4) is 0 Å². The van der Waals surface area contributed by atoms with Gasteiger partial charge in [0.25, 0.3) is 5.91 Å². The van der Waals surface area contributed by atoms with Crippen LogP contribution >= 0.6 is 0 Å². The molecule has 0 radical (unpaired) electrons. The molecule has 1 aromatic carbocycles. The number of carbonyl (C=O) groups is 1. The van der Waals surface area contributed by atoms with Gasteiger partial charge in [-0.05, 0) is 24.3 Å². The summed E-state index contributed by atoms with van der Waals surface area (Å²) in [6.45, 7) is 0. The van der Waals surface area contributed by atoms with Gasteiger partial charge in [-0.15, -0.1) is 0 Å². The van der Waals surface area contributed by atoms with E-state index in [-0.39, 0.29) is 29.8 Å². The molecule has 0 spiro atoms. The maximum absolute atomic E-state index is 13.0. The molecule has 0 saturated heterocycles. The van der Waals surface area contributed by atoms with Gasteiger partial charge in [-0.2, -0.15) is 10.2 Å². The van der Waals surface area contributed by atoms with Crippen LogP contribution in [0.4, 0.5) is 5.82 Å². The molecule has 4 rings (SSSR count). The molecule has 1 aliphatic rings. The van der Waals surface area contributed by atoms with Crippen molar-refractivity contribution in [1.29, 1.82) is 0 Å². The zero-order valence-electron chi connectivity index (χ0n) is 15.0. The van der Waals surface area contributed by atoms with Gasteiger partial charge in [0.1, 0.15) is 5.69 Å². The second-order valence-corrected chi connectivity index (χ2v) is 7.01. The van der Waals surface area contributed by atoms with Gasteiger partial charge in [0, 0.05) is 18.8 Å². The van der Waals surface area contributed by atoms with Crippen molar-refractivity contribution in [3.05, 3.63) is 54.0 Å². The number of aromatic amines is 1. The van der Waals surface area contributed by atoms with E-state index in [1.54, 1.807) is 10.9 Å². The highest BCUT2D eigenvalue weighted by Crippen LogP contribution is 2.38. The summed E-state index contributed by atoms with van der Waals surface area (Å²) in [7, 11) is 1.83. The van der Waals surface area contributed by atoms with Crippen molar-refractivity contribution in [2.24, 2.45) is 13.0 Å². The molecule has 2 heterocycles. The summed E-state index contributed by atoms with van der Waals surface area (Å²) in [5.41, 5.74) is 8.66. The molecular formula is C19H22N6O2. The van der Waals surface area contributed by atoms with E-state index in [2.05, 4.69) is 20.6 Å². The second-order valence-electron chi connectivity index (χ2n) is 7.01. The number of anilines is 1. The van der Waals surface area contributed by atoms with E-state index in [1.807, 2.05) is 43.6 Å². The van der Waals surface area contributed by atoms with Gasteiger partial charge in [-0.1, -0.05) is 30.3 Å². The zero-order chi connectivity index (χ0) is 19.0. The van der Waals surface area contributed by atoms with E-state index < -0.39 is 0 Å². The molecular weight excluding hydrogens is 344 g/mol. The molecule has 1 saturated carbocycles. The summed E-state index contributed by atoms with van der Waals surface area (Å²) in [4.78, 5) is 13.0. The highest BCUT2D eigenvalue weighted by atomic mass is 16.3. The predicted molar refractivity (Wildman–Crippen MR) is 101 cm³/mol.